The van der Waals surface area contributed by atoms with Gasteiger partial charge in [0.2, 0.25) is 0 Å². The molecule has 47 heavy (non-hydrogen) atoms. The Hall–Kier alpha value is -4.64. The highest BCUT2D eigenvalue weighted by atomic mass is 16.6. The van der Waals surface area contributed by atoms with Crippen molar-refractivity contribution in [2.24, 2.45) is 17.3 Å². The maximum Gasteiger partial charge on any atom is 0.340 e. The molecule has 3 heterocycles. The third kappa shape index (κ3) is 5.46. The summed E-state index contributed by atoms with van der Waals surface area (Å²) < 4.78 is 31.9. The zero-order chi connectivity index (χ0) is 33.6. The molecule has 0 amide bonds. The van der Waals surface area contributed by atoms with Gasteiger partial charge in [0, 0.05) is 37.6 Å². The fourth-order valence-electron chi connectivity index (χ4n) is 8.09. The van der Waals surface area contributed by atoms with Gasteiger partial charge >= 0.3 is 23.9 Å². The van der Waals surface area contributed by atoms with Crippen molar-refractivity contribution in [3.05, 3.63) is 96.1 Å². The number of nitrogens with zero attached hydrogens (tertiary/aromatic N) is 2. The van der Waals surface area contributed by atoms with Gasteiger partial charge in [0.25, 0.3) is 0 Å². The average Bonchev–Trinajstić information content (AvgIpc) is 3.24. The number of benzene rings is 1. The molecule has 0 unspecified atom stereocenters. The van der Waals surface area contributed by atoms with Gasteiger partial charge in [-0.25, -0.2) is 14.4 Å². The highest BCUT2D eigenvalue weighted by Gasteiger charge is 2.80. The monoisotopic (exact) mass is 642 g/mol. The molecule has 11 heteroatoms. The lowest BCUT2D eigenvalue weighted by atomic mass is 9.48. The molecule has 2 saturated carbocycles. The van der Waals surface area contributed by atoms with E-state index in [0.717, 1.165) is 0 Å². The van der Waals surface area contributed by atoms with Crippen LogP contribution in [0.3, 0.4) is 0 Å². The number of carbonyl (C=O) groups excluding carboxylic acids is 4. The van der Waals surface area contributed by atoms with Gasteiger partial charge in [0.05, 0.1) is 27.7 Å². The third-order valence-corrected chi connectivity index (χ3v) is 10.2. The van der Waals surface area contributed by atoms with Crippen LogP contribution in [0.25, 0.3) is 0 Å². The summed E-state index contributed by atoms with van der Waals surface area (Å²) >= 11 is 0. The van der Waals surface area contributed by atoms with Gasteiger partial charge in [-0.1, -0.05) is 25.1 Å². The highest BCUT2D eigenvalue weighted by Crippen LogP contribution is 2.68. The Morgan fingerprint density at radius 3 is 1.87 bits per heavy atom. The third-order valence-electron chi connectivity index (χ3n) is 10.2. The molecule has 0 radical (unpaired) electrons. The summed E-state index contributed by atoms with van der Waals surface area (Å²) in [6.45, 7) is 8.84. The maximum absolute atomic E-state index is 13.7. The maximum atomic E-state index is 13.7. The number of carbonyl (C=O) groups is 4. The van der Waals surface area contributed by atoms with Crippen LogP contribution in [0.4, 0.5) is 0 Å². The molecular weight excluding hydrogens is 604 g/mol. The lowest BCUT2D eigenvalue weighted by Gasteiger charge is -2.62. The first-order valence-corrected chi connectivity index (χ1v) is 15.7. The van der Waals surface area contributed by atoms with Gasteiger partial charge in [-0.05, 0) is 75.9 Å². The molecule has 3 aliphatic rings. The summed E-state index contributed by atoms with van der Waals surface area (Å²) in [5, 5.41) is 0. The van der Waals surface area contributed by atoms with Crippen LogP contribution in [0, 0.1) is 17.3 Å². The molecule has 2 aromatic heterocycles. The number of esters is 4. The summed E-state index contributed by atoms with van der Waals surface area (Å²) in [4.78, 5) is 61.6. The Balaban J connectivity index is 1.48. The van der Waals surface area contributed by atoms with E-state index in [0.29, 0.717) is 5.56 Å². The van der Waals surface area contributed by atoms with Crippen LogP contribution in [-0.2, 0) is 28.5 Å². The van der Waals surface area contributed by atoms with Crippen molar-refractivity contribution in [1.82, 2.24) is 9.97 Å². The smallest absolute Gasteiger partial charge is 0.340 e. The zero-order valence-corrected chi connectivity index (χ0v) is 27.0. The lowest BCUT2D eigenvalue weighted by molar-refractivity contribution is -0.300. The number of hydrogen-bond acceptors (Lipinski definition) is 11. The highest BCUT2D eigenvalue weighted by molar-refractivity contribution is 5.90. The van der Waals surface area contributed by atoms with Crippen molar-refractivity contribution in [2.45, 2.75) is 83.1 Å². The first kappa shape index (κ1) is 32.3. The Bertz CT molecular complexity index is 1650. The lowest BCUT2D eigenvalue weighted by Crippen LogP contribution is -2.76. The van der Waals surface area contributed by atoms with Crippen LogP contribution in [0.2, 0.25) is 0 Å². The van der Waals surface area contributed by atoms with Crippen LogP contribution in [0.5, 0.6) is 0 Å². The minimum atomic E-state index is -1.37. The standard InChI is InChI=1S/C36H38N2O9/c1-21-17-27(44-32(41)24-13-9-15-37-19-24)30(43-22(2)39)35(5)28(45-31(40)23-11-7-6-8-12-23)18-26-29(36(21,35)47-34(26,3)4)46-33(42)25-14-10-16-38-20-25/h6-16,19-21,26-30H,17-18H2,1-5H3/t21-,26-,27+,28-,29-,30+,35-,36-/m1/s1. The van der Waals surface area contributed by atoms with Gasteiger partial charge in [0.15, 0.2) is 6.10 Å². The van der Waals surface area contributed by atoms with Crippen molar-refractivity contribution >= 4 is 23.9 Å². The first-order valence-electron chi connectivity index (χ1n) is 15.7. The summed E-state index contributed by atoms with van der Waals surface area (Å²) in [5.74, 6) is -3.29. The molecule has 11 nitrogen and oxygen atoms in total. The minimum absolute atomic E-state index is 0.197. The van der Waals surface area contributed by atoms with Gasteiger partial charge in [0.1, 0.15) is 23.9 Å². The molecule has 1 aliphatic heterocycles. The molecule has 6 rings (SSSR count). The summed E-state index contributed by atoms with van der Waals surface area (Å²) in [7, 11) is 0. The molecule has 2 bridgehead atoms. The topological polar surface area (TPSA) is 140 Å². The molecule has 1 aromatic carbocycles. The zero-order valence-electron chi connectivity index (χ0n) is 27.0. The largest absolute Gasteiger partial charge is 0.458 e. The Morgan fingerprint density at radius 1 is 0.723 bits per heavy atom. The quantitative estimate of drug-likeness (QED) is 0.254. The van der Waals surface area contributed by atoms with Crippen LogP contribution >= 0.6 is 0 Å². The van der Waals surface area contributed by atoms with E-state index >= 15 is 0 Å². The summed E-state index contributed by atoms with van der Waals surface area (Å²) in [5.41, 5.74) is -2.73. The molecule has 3 fully saturated rings. The van der Waals surface area contributed by atoms with Crippen LogP contribution < -0.4 is 0 Å². The van der Waals surface area contributed by atoms with Crippen molar-refractivity contribution < 1.29 is 42.9 Å². The average molecular weight is 643 g/mol. The van der Waals surface area contributed by atoms with E-state index in [1.54, 1.807) is 67.0 Å². The second-order valence-corrected chi connectivity index (χ2v) is 13.3. The van der Waals surface area contributed by atoms with Gasteiger partial charge in [-0.15, -0.1) is 0 Å². The normalized spacial score (nSPS) is 31.9. The van der Waals surface area contributed by atoms with E-state index in [9.17, 15) is 19.2 Å². The van der Waals surface area contributed by atoms with Crippen molar-refractivity contribution in [3.8, 4) is 0 Å². The Labute approximate surface area is 272 Å². The van der Waals surface area contributed by atoms with Gasteiger partial charge in [-0.2, -0.15) is 0 Å². The van der Waals surface area contributed by atoms with E-state index in [-0.39, 0.29) is 24.0 Å². The van der Waals surface area contributed by atoms with E-state index in [1.165, 1.54) is 19.3 Å². The number of pyridine rings is 2. The van der Waals surface area contributed by atoms with Gasteiger partial charge < -0.3 is 23.7 Å². The first-order chi connectivity index (χ1) is 22.4. The molecule has 246 valence electrons. The molecular formula is C36H38N2O9. The molecule has 1 saturated heterocycles. The number of rotatable bonds is 7. The molecule has 8 atom stereocenters. The van der Waals surface area contributed by atoms with Crippen LogP contribution in [0.1, 0.15) is 78.5 Å². The van der Waals surface area contributed by atoms with E-state index in [1.807, 2.05) is 27.7 Å². The van der Waals surface area contributed by atoms with Crippen molar-refractivity contribution in [1.29, 1.82) is 0 Å². The van der Waals surface area contributed by atoms with E-state index < -0.39 is 76.7 Å². The summed E-state index contributed by atoms with van der Waals surface area (Å²) in [6, 6.07) is 15.1. The van der Waals surface area contributed by atoms with Crippen molar-refractivity contribution in [3.63, 3.8) is 0 Å². The van der Waals surface area contributed by atoms with E-state index in [4.69, 9.17) is 23.7 Å². The molecule has 1 spiro atoms. The Morgan fingerprint density at radius 2 is 1.30 bits per heavy atom. The van der Waals surface area contributed by atoms with Crippen LogP contribution in [0.15, 0.2) is 79.4 Å². The van der Waals surface area contributed by atoms with Crippen molar-refractivity contribution in [2.75, 3.05) is 0 Å². The fourth-order valence-corrected chi connectivity index (χ4v) is 8.09. The SMILES string of the molecule is CC(=O)O[C@H]1[C@@H](OC(=O)c2cccnc2)C[C@@H](C)[C@]23OC(C)(C)[C@H](C[C@@H](OC(=O)c4ccccc4)[C@]12C)[C@H]3OC(=O)c1cccnc1. The predicted molar refractivity (Wildman–Crippen MR) is 166 cm³/mol. The van der Waals surface area contributed by atoms with Crippen LogP contribution in [-0.4, -0.2) is 69.5 Å². The number of fused-ring (bicyclic) bond motifs is 1. The number of aromatic nitrogens is 2. The Kier molecular flexibility index (Phi) is 8.38. The molecule has 0 N–H and O–H groups in total. The number of ether oxygens (including phenoxy) is 5. The molecule has 2 aliphatic carbocycles. The number of hydrogen-bond donors (Lipinski definition) is 0. The summed E-state index contributed by atoms with van der Waals surface area (Å²) in [6.07, 6.45) is 2.48. The fraction of sp³-hybridized carbons (Fsp3) is 0.444. The molecule has 3 aromatic rings. The second kappa shape index (κ2) is 12.2. The minimum Gasteiger partial charge on any atom is -0.458 e. The van der Waals surface area contributed by atoms with E-state index in [2.05, 4.69) is 9.97 Å². The predicted octanol–water partition coefficient (Wildman–Crippen LogP) is 5.00. The second-order valence-electron chi connectivity index (χ2n) is 13.3. The van der Waals surface area contributed by atoms with Gasteiger partial charge in [-0.3, -0.25) is 14.8 Å².